The third kappa shape index (κ3) is 5.32. The quantitative estimate of drug-likeness (QED) is 0.600. The van der Waals surface area contributed by atoms with E-state index < -0.39 is 24.3 Å². The molecule has 1 amide bonds. The van der Waals surface area contributed by atoms with E-state index in [1.54, 1.807) is 36.4 Å². The molecule has 3 rings (SSSR count). The molecule has 0 unspecified atom stereocenters. The van der Waals surface area contributed by atoms with E-state index in [-0.39, 0.29) is 11.3 Å². The first kappa shape index (κ1) is 19.9. The van der Waals surface area contributed by atoms with Gasteiger partial charge in [-0.15, -0.1) is 0 Å². The number of carbonyl (C=O) groups is 2. The van der Waals surface area contributed by atoms with Gasteiger partial charge in [0, 0.05) is 0 Å². The van der Waals surface area contributed by atoms with Crippen LogP contribution >= 0.6 is 0 Å². The highest BCUT2D eigenvalue weighted by Crippen LogP contribution is 2.29. The van der Waals surface area contributed by atoms with Crippen molar-refractivity contribution in [3.8, 4) is 17.2 Å². The van der Waals surface area contributed by atoms with Crippen LogP contribution in [0.3, 0.4) is 0 Å². The summed E-state index contributed by atoms with van der Waals surface area (Å²) in [6.45, 7) is -0.536. The molecule has 0 saturated carbocycles. The maximum absolute atomic E-state index is 13.7. The number of amides is 1. The number of para-hydroxylation sites is 3. The van der Waals surface area contributed by atoms with E-state index in [0.717, 1.165) is 6.07 Å². The second-order valence-corrected chi connectivity index (χ2v) is 5.88. The predicted octanol–water partition coefficient (Wildman–Crippen LogP) is 4.42. The van der Waals surface area contributed by atoms with Crippen LogP contribution in [0.2, 0.25) is 0 Å². The zero-order valence-corrected chi connectivity index (χ0v) is 15.6. The van der Waals surface area contributed by atoms with E-state index in [4.69, 9.17) is 14.2 Å². The molecular formula is C22H18FNO5. The normalized spacial score (nSPS) is 10.1. The zero-order chi connectivity index (χ0) is 20.6. The number of anilines is 1. The first-order chi connectivity index (χ1) is 14.1. The van der Waals surface area contributed by atoms with Gasteiger partial charge in [-0.05, 0) is 42.5 Å². The van der Waals surface area contributed by atoms with E-state index in [0.29, 0.717) is 17.2 Å². The number of hydrogen-bond acceptors (Lipinski definition) is 5. The Balaban J connectivity index is 1.60. The van der Waals surface area contributed by atoms with Crippen molar-refractivity contribution in [2.45, 2.75) is 0 Å². The summed E-state index contributed by atoms with van der Waals surface area (Å²) in [4.78, 5) is 24.2. The lowest BCUT2D eigenvalue weighted by atomic mass is 10.2. The molecule has 7 heteroatoms. The molecule has 0 atom stereocenters. The number of benzene rings is 3. The molecule has 148 valence electrons. The van der Waals surface area contributed by atoms with Crippen LogP contribution in [0.1, 0.15) is 10.4 Å². The van der Waals surface area contributed by atoms with E-state index in [1.807, 2.05) is 18.2 Å². The standard InChI is InChI=1S/C22H18FNO5/c1-27-19-12-11-15(13-17(19)23)22(26)28-14-21(25)24-18-9-5-6-10-20(18)29-16-7-3-2-4-8-16/h2-13H,14H2,1H3,(H,24,25). The molecule has 0 aliphatic carbocycles. The van der Waals surface area contributed by atoms with Gasteiger partial charge in [-0.2, -0.15) is 0 Å². The Morgan fingerprint density at radius 1 is 0.931 bits per heavy atom. The van der Waals surface area contributed by atoms with Crippen molar-refractivity contribution in [2.24, 2.45) is 0 Å². The third-order valence-corrected chi connectivity index (χ3v) is 3.85. The SMILES string of the molecule is COc1ccc(C(=O)OCC(=O)Nc2ccccc2Oc2ccccc2)cc1F. The van der Waals surface area contributed by atoms with Crippen molar-refractivity contribution >= 4 is 17.6 Å². The van der Waals surface area contributed by atoms with E-state index in [2.05, 4.69) is 5.32 Å². The van der Waals surface area contributed by atoms with Gasteiger partial charge >= 0.3 is 5.97 Å². The van der Waals surface area contributed by atoms with Crippen LogP contribution in [0.4, 0.5) is 10.1 Å². The highest BCUT2D eigenvalue weighted by Gasteiger charge is 2.14. The molecule has 0 spiro atoms. The Labute approximate surface area is 166 Å². The maximum atomic E-state index is 13.7. The molecule has 3 aromatic rings. The third-order valence-electron chi connectivity index (χ3n) is 3.85. The van der Waals surface area contributed by atoms with Crippen molar-refractivity contribution in [1.29, 1.82) is 0 Å². The number of hydrogen-bond donors (Lipinski definition) is 1. The number of ether oxygens (including phenoxy) is 3. The fraction of sp³-hybridized carbons (Fsp3) is 0.0909. The number of methoxy groups -OCH3 is 1. The maximum Gasteiger partial charge on any atom is 0.338 e. The molecule has 0 bridgehead atoms. The Morgan fingerprint density at radius 2 is 1.66 bits per heavy atom. The number of nitrogens with one attached hydrogen (secondary N) is 1. The molecule has 0 radical (unpaired) electrons. The van der Waals surface area contributed by atoms with Crippen molar-refractivity contribution in [2.75, 3.05) is 19.0 Å². The lowest BCUT2D eigenvalue weighted by Gasteiger charge is -2.12. The molecule has 0 aromatic heterocycles. The van der Waals surface area contributed by atoms with Gasteiger partial charge in [-0.3, -0.25) is 4.79 Å². The molecule has 1 N–H and O–H groups in total. The van der Waals surface area contributed by atoms with Crippen LogP contribution in [0, 0.1) is 5.82 Å². The van der Waals surface area contributed by atoms with Crippen molar-refractivity contribution in [3.05, 3.63) is 84.2 Å². The molecule has 29 heavy (non-hydrogen) atoms. The average molecular weight is 395 g/mol. The summed E-state index contributed by atoms with van der Waals surface area (Å²) < 4.78 is 29.2. The summed E-state index contributed by atoms with van der Waals surface area (Å²) in [5, 5.41) is 2.63. The van der Waals surface area contributed by atoms with Crippen LogP contribution in [-0.2, 0) is 9.53 Å². The topological polar surface area (TPSA) is 73.9 Å². The first-order valence-corrected chi connectivity index (χ1v) is 8.69. The van der Waals surface area contributed by atoms with Gasteiger partial charge in [0.25, 0.3) is 5.91 Å². The van der Waals surface area contributed by atoms with Crippen LogP contribution in [0.25, 0.3) is 0 Å². The van der Waals surface area contributed by atoms with Gasteiger partial charge in [0.2, 0.25) is 0 Å². The van der Waals surface area contributed by atoms with Crippen LogP contribution in [-0.4, -0.2) is 25.6 Å². The monoisotopic (exact) mass is 395 g/mol. The summed E-state index contributed by atoms with van der Waals surface area (Å²) >= 11 is 0. The van der Waals surface area contributed by atoms with Gasteiger partial charge < -0.3 is 19.5 Å². The second kappa shape index (κ2) is 9.36. The Kier molecular flexibility index (Phi) is 6.42. The fourth-order valence-corrected chi connectivity index (χ4v) is 2.47. The number of esters is 1. The Bertz CT molecular complexity index is 1010. The van der Waals surface area contributed by atoms with Crippen molar-refractivity contribution < 1.29 is 28.2 Å². The minimum Gasteiger partial charge on any atom is -0.494 e. The molecule has 6 nitrogen and oxygen atoms in total. The summed E-state index contributed by atoms with van der Waals surface area (Å²) in [5.41, 5.74) is 0.400. The largest absolute Gasteiger partial charge is 0.494 e. The van der Waals surface area contributed by atoms with Gasteiger partial charge in [0.1, 0.15) is 5.75 Å². The smallest absolute Gasteiger partial charge is 0.338 e. The van der Waals surface area contributed by atoms with Gasteiger partial charge in [-0.25, -0.2) is 9.18 Å². The fourth-order valence-electron chi connectivity index (χ4n) is 2.47. The molecule has 0 saturated heterocycles. The average Bonchev–Trinajstić information content (AvgIpc) is 2.74. The molecule has 0 fully saturated rings. The van der Waals surface area contributed by atoms with Gasteiger partial charge in [-0.1, -0.05) is 30.3 Å². The molecule has 0 aliphatic heterocycles. The summed E-state index contributed by atoms with van der Waals surface area (Å²) in [6.07, 6.45) is 0. The van der Waals surface area contributed by atoms with Gasteiger partial charge in [0.15, 0.2) is 23.9 Å². The number of carbonyl (C=O) groups excluding carboxylic acids is 2. The number of rotatable bonds is 7. The first-order valence-electron chi connectivity index (χ1n) is 8.69. The number of halogens is 1. The minimum absolute atomic E-state index is 0.00863. The van der Waals surface area contributed by atoms with Crippen molar-refractivity contribution in [1.82, 2.24) is 0 Å². The molecule has 0 heterocycles. The predicted molar refractivity (Wildman–Crippen MR) is 105 cm³/mol. The van der Waals surface area contributed by atoms with E-state index in [9.17, 15) is 14.0 Å². The second-order valence-electron chi connectivity index (χ2n) is 5.88. The Hall–Kier alpha value is -3.87. The highest BCUT2D eigenvalue weighted by atomic mass is 19.1. The highest BCUT2D eigenvalue weighted by molar-refractivity contribution is 5.96. The minimum atomic E-state index is -0.824. The lowest BCUT2D eigenvalue weighted by Crippen LogP contribution is -2.21. The zero-order valence-electron chi connectivity index (χ0n) is 15.6. The lowest BCUT2D eigenvalue weighted by molar-refractivity contribution is -0.119. The molecule has 3 aromatic carbocycles. The summed E-state index contributed by atoms with van der Waals surface area (Å²) in [7, 11) is 1.32. The van der Waals surface area contributed by atoms with Gasteiger partial charge in [0.05, 0.1) is 18.4 Å². The molecule has 0 aliphatic rings. The van der Waals surface area contributed by atoms with Crippen molar-refractivity contribution in [3.63, 3.8) is 0 Å². The van der Waals surface area contributed by atoms with E-state index >= 15 is 0 Å². The summed E-state index contributed by atoms with van der Waals surface area (Å²) in [5.74, 6) is -1.02. The van der Waals surface area contributed by atoms with Crippen LogP contribution < -0.4 is 14.8 Å². The van der Waals surface area contributed by atoms with E-state index in [1.165, 1.54) is 19.2 Å². The Morgan fingerprint density at radius 3 is 2.38 bits per heavy atom. The summed E-state index contributed by atoms with van der Waals surface area (Å²) in [6, 6.07) is 19.6. The molecular weight excluding hydrogens is 377 g/mol. The van der Waals surface area contributed by atoms with Crippen LogP contribution in [0.5, 0.6) is 17.2 Å². The van der Waals surface area contributed by atoms with Crippen LogP contribution in [0.15, 0.2) is 72.8 Å².